The maximum Gasteiger partial charge on any atom is 0.339 e. The van der Waals surface area contributed by atoms with Crippen LogP contribution >= 0.6 is 0 Å². The van der Waals surface area contributed by atoms with Crippen LogP contribution in [0.25, 0.3) is 0 Å². The van der Waals surface area contributed by atoms with Crippen LogP contribution in [0, 0.1) is 0 Å². The average molecular weight is 426 g/mol. The monoisotopic (exact) mass is 426 g/mol. The van der Waals surface area contributed by atoms with Gasteiger partial charge in [-0.05, 0) is 44.0 Å². The molecule has 2 aliphatic rings. The second kappa shape index (κ2) is 8.43. The van der Waals surface area contributed by atoms with Gasteiger partial charge in [0.05, 0.1) is 18.5 Å². The number of aromatic nitrogens is 1. The maximum absolute atomic E-state index is 12.8. The van der Waals surface area contributed by atoms with E-state index in [1.165, 1.54) is 13.2 Å². The summed E-state index contributed by atoms with van der Waals surface area (Å²) in [6, 6.07) is 8.32. The molecule has 9 nitrogen and oxygen atoms in total. The van der Waals surface area contributed by atoms with E-state index in [-0.39, 0.29) is 29.3 Å². The van der Waals surface area contributed by atoms with Gasteiger partial charge in [0.15, 0.2) is 11.6 Å². The van der Waals surface area contributed by atoms with Gasteiger partial charge in [0, 0.05) is 26.3 Å². The Morgan fingerprint density at radius 2 is 2.00 bits per heavy atom. The van der Waals surface area contributed by atoms with E-state index in [1.807, 2.05) is 13.0 Å². The summed E-state index contributed by atoms with van der Waals surface area (Å²) in [6.07, 6.45) is 1.66. The number of carboxylic acid groups (broad SMARTS) is 1. The number of methoxy groups -OCH3 is 1. The van der Waals surface area contributed by atoms with Crippen LogP contribution in [0.1, 0.15) is 30.1 Å². The molecular formula is C22H26N4O5. The molecule has 164 valence electrons. The van der Waals surface area contributed by atoms with Crippen LogP contribution in [0.5, 0.6) is 5.75 Å². The Morgan fingerprint density at radius 1 is 1.26 bits per heavy atom. The Labute approximate surface area is 180 Å². The molecule has 3 heterocycles. The number of pyridine rings is 1. The van der Waals surface area contributed by atoms with Crippen LogP contribution in [0.15, 0.2) is 30.3 Å². The zero-order valence-corrected chi connectivity index (χ0v) is 17.8. The summed E-state index contributed by atoms with van der Waals surface area (Å²) in [5.41, 5.74) is 1.31. The predicted octanol–water partition coefficient (Wildman–Crippen LogP) is 2.88. The smallest absolute Gasteiger partial charge is 0.339 e. The number of aromatic carboxylic acids is 1. The number of para-hydroxylation sites is 1. The molecule has 2 N–H and O–H groups in total. The topological polar surface area (TPSA) is 104 Å². The van der Waals surface area contributed by atoms with E-state index in [2.05, 4.69) is 10.2 Å². The van der Waals surface area contributed by atoms with Crippen LogP contribution in [-0.2, 0) is 9.53 Å². The largest absolute Gasteiger partial charge is 0.494 e. The van der Waals surface area contributed by atoms with Gasteiger partial charge in [-0.3, -0.25) is 4.79 Å². The van der Waals surface area contributed by atoms with Crippen molar-refractivity contribution in [3.63, 3.8) is 0 Å². The molecule has 0 bridgehead atoms. The van der Waals surface area contributed by atoms with Crippen LogP contribution in [0.2, 0.25) is 0 Å². The lowest BCUT2D eigenvalue weighted by Crippen LogP contribution is -2.56. The van der Waals surface area contributed by atoms with E-state index in [0.717, 1.165) is 24.3 Å². The summed E-state index contributed by atoms with van der Waals surface area (Å²) < 4.78 is 10.8. The predicted molar refractivity (Wildman–Crippen MR) is 117 cm³/mol. The summed E-state index contributed by atoms with van der Waals surface area (Å²) in [7, 11) is 3.19. The molecule has 31 heavy (non-hydrogen) atoms. The van der Waals surface area contributed by atoms with Gasteiger partial charge in [0.25, 0.3) is 0 Å². The number of carboxylic acids is 1. The first-order chi connectivity index (χ1) is 14.9. The van der Waals surface area contributed by atoms with Crippen molar-refractivity contribution in [1.82, 2.24) is 4.98 Å². The number of benzene rings is 1. The standard InChI is InChI=1S/C22H26N4O5/c1-13-21(27)25(2)17-7-8-18(24-20(17)26(13)14-9-11-31-12-10-14)23-16-6-4-5-15(22(28)29)19(16)30-3/h4-8,13-14H,9-12H2,1-3H3,(H,23,24)(H,28,29)/t13-/m1/s1. The lowest BCUT2D eigenvalue weighted by atomic mass is 10.0. The number of fused-ring (bicyclic) bond motifs is 1. The second-order valence-corrected chi connectivity index (χ2v) is 7.68. The zero-order chi connectivity index (χ0) is 22.1. The highest BCUT2D eigenvalue weighted by Crippen LogP contribution is 2.39. The number of anilines is 4. The van der Waals surface area contributed by atoms with Gasteiger partial charge >= 0.3 is 5.97 Å². The molecule has 0 aliphatic carbocycles. The van der Waals surface area contributed by atoms with Crippen LogP contribution in [0.4, 0.5) is 23.0 Å². The van der Waals surface area contributed by atoms with Crippen molar-refractivity contribution in [2.45, 2.75) is 31.8 Å². The Kier molecular flexibility index (Phi) is 5.69. The van der Waals surface area contributed by atoms with Crippen LogP contribution in [-0.4, -0.2) is 61.4 Å². The number of nitrogens with one attached hydrogen (secondary N) is 1. The van der Waals surface area contributed by atoms with Gasteiger partial charge in [-0.15, -0.1) is 0 Å². The van der Waals surface area contributed by atoms with Gasteiger partial charge in [-0.25, -0.2) is 9.78 Å². The molecule has 4 rings (SSSR count). The van der Waals surface area contributed by atoms with Gasteiger partial charge in [-0.2, -0.15) is 0 Å². The molecule has 1 atom stereocenters. The number of amides is 1. The van der Waals surface area contributed by atoms with Crippen molar-refractivity contribution in [3.05, 3.63) is 35.9 Å². The minimum atomic E-state index is -1.07. The first-order valence-electron chi connectivity index (χ1n) is 10.2. The molecule has 1 aromatic heterocycles. The lowest BCUT2D eigenvalue weighted by Gasteiger charge is -2.44. The molecule has 1 aromatic carbocycles. The molecule has 0 radical (unpaired) electrons. The number of rotatable bonds is 5. The summed E-state index contributed by atoms with van der Waals surface area (Å²) in [4.78, 5) is 32.9. The van der Waals surface area contributed by atoms with Crippen molar-refractivity contribution in [2.24, 2.45) is 0 Å². The second-order valence-electron chi connectivity index (χ2n) is 7.68. The third-order valence-electron chi connectivity index (χ3n) is 5.86. The Bertz CT molecular complexity index is 1010. The Morgan fingerprint density at radius 3 is 2.68 bits per heavy atom. The fourth-order valence-electron chi connectivity index (χ4n) is 4.28. The van der Waals surface area contributed by atoms with E-state index in [0.29, 0.717) is 24.7 Å². The van der Waals surface area contributed by atoms with Gasteiger partial charge in [-0.1, -0.05) is 6.07 Å². The van der Waals surface area contributed by atoms with Gasteiger partial charge < -0.3 is 29.7 Å². The SMILES string of the molecule is COc1c(Nc2ccc3c(n2)N(C2CCOCC2)[C@H](C)C(=O)N3C)cccc1C(=O)O. The number of likely N-dealkylation sites (N-methyl/N-ethyl adjacent to an activating group) is 1. The Hall–Kier alpha value is -3.33. The van der Waals surface area contributed by atoms with E-state index < -0.39 is 5.97 Å². The fraction of sp³-hybridized carbons (Fsp3) is 0.409. The van der Waals surface area contributed by atoms with Gasteiger partial charge in [0.1, 0.15) is 17.4 Å². The van der Waals surface area contributed by atoms with Crippen molar-refractivity contribution in [2.75, 3.05) is 42.5 Å². The molecule has 0 unspecified atom stereocenters. The van der Waals surface area contributed by atoms with E-state index >= 15 is 0 Å². The van der Waals surface area contributed by atoms with E-state index in [1.54, 1.807) is 30.1 Å². The third-order valence-corrected chi connectivity index (χ3v) is 5.86. The highest BCUT2D eigenvalue weighted by atomic mass is 16.5. The average Bonchev–Trinajstić information content (AvgIpc) is 2.78. The normalized spacial score (nSPS) is 19.2. The summed E-state index contributed by atoms with van der Waals surface area (Å²) in [5, 5.41) is 12.6. The quantitative estimate of drug-likeness (QED) is 0.752. The van der Waals surface area contributed by atoms with E-state index in [9.17, 15) is 14.7 Å². The van der Waals surface area contributed by atoms with Crippen molar-refractivity contribution in [1.29, 1.82) is 0 Å². The first kappa shape index (κ1) is 20.9. The number of ether oxygens (including phenoxy) is 2. The van der Waals surface area contributed by atoms with Crippen molar-refractivity contribution in [3.8, 4) is 5.75 Å². The highest BCUT2D eigenvalue weighted by molar-refractivity contribution is 6.04. The third kappa shape index (κ3) is 3.76. The van der Waals surface area contributed by atoms with Crippen LogP contribution < -0.4 is 19.9 Å². The summed E-state index contributed by atoms with van der Waals surface area (Å²) in [6.45, 7) is 3.22. The maximum atomic E-state index is 12.8. The zero-order valence-electron chi connectivity index (χ0n) is 17.8. The Balaban J connectivity index is 1.73. The molecule has 1 amide bonds. The summed E-state index contributed by atoms with van der Waals surface area (Å²) in [5.74, 6) is 0.443. The van der Waals surface area contributed by atoms with E-state index in [4.69, 9.17) is 14.5 Å². The molecule has 2 aromatic rings. The number of carbonyl (C=O) groups excluding carboxylic acids is 1. The van der Waals surface area contributed by atoms with Crippen molar-refractivity contribution >= 4 is 34.9 Å². The van der Waals surface area contributed by atoms with Gasteiger partial charge in [0.2, 0.25) is 5.91 Å². The molecular weight excluding hydrogens is 400 g/mol. The minimum absolute atomic E-state index is 0.0253. The lowest BCUT2D eigenvalue weighted by molar-refractivity contribution is -0.119. The molecule has 9 heteroatoms. The number of carbonyl (C=O) groups is 2. The molecule has 1 fully saturated rings. The molecule has 0 saturated carbocycles. The van der Waals surface area contributed by atoms with Crippen molar-refractivity contribution < 1.29 is 24.2 Å². The highest BCUT2D eigenvalue weighted by Gasteiger charge is 2.39. The van der Waals surface area contributed by atoms with Crippen LogP contribution in [0.3, 0.4) is 0 Å². The number of nitrogens with zero attached hydrogens (tertiary/aromatic N) is 3. The number of hydrogen-bond acceptors (Lipinski definition) is 7. The first-order valence-corrected chi connectivity index (χ1v) is 10.2. The summed E-state index contributed by atoms with van der Waals surface area (Å²) >= 11 is 0. The fourth-order valence-corrected chi connectivity index (χ4v) is 4.28. The minimum Gasteiger partial charge on any atom is -0.494 e. The molecule has 0 spiro atoms. The number of hydrogen-bond donors (Lipinski definition) is 2. The molecule has 1 saturated heterocycles. The molecule has 2 aliphatic heterocycles.